The van der Waals surface area contributed by atoms with E-state index in [2.05, 4.69) is 15.3 Å². The molecule has 10 heteroatoms. The summed E-state index contributed by atoms with van der Waals surface area (Å²) in [7, 11) is 0. The molecule has 3 aromatic heterocycles. The molecule has 3 aromatic rings. The number of carbonyl (C=O) groups excluding carboxylic acids is 1. The highest BCUT2D eigenvalue weighted by Gasteiger charge is 2.29. The van der Waals surface area contributed by atoms with Gasteiger partial charge in [0.25, 0.3) is 5.91 Å². The highest BCUT2D eigenvalue weighted by Crippen LogP contribution is 2.33. The van der Waals surface area contributed by atoms with Gasteiger partial charge in [-0.3, -0.25) is 4.79 Å². The molecule has 0 unspecified atom stereocenters. The molecular weight excluding hydrogens is 357 g/mol. The van der Waals surface area contributed by atoms with Crippen LogP contribution in [-0.4, -0.2) is 28.6 Å². The molecular formula is C15H13F3N4O2S. The molecule has 0 radical (unpaired) electrons. The lowest BCUT2D eigenvalue weighted by Crippen LogP contribution is -2.33. The van der Waals surface area contributed by atoms with Crippen LogP contribution in [0.1, 0.15) is 21.0 Å². The smallest absolute Gasteiger partial charge is 0.405 e. The van der Waals surface area contributed by atoms with Crippen LogP contribution in [0.2, 0.25) is 0 Å². The second-order valence-electron chi connectivity index (χ2n) is 5.19. The zero-order chi connectivity index (χ0) is 18.0. The summed E-state index contributed by atoms with van der Waals surface area (Å²) in [6, 6.07) is 3.55. The summed E-state index contributed by atoms with van der Waals surface area (Å²) in [6.07, 6.45) is -1.58. The highest BCUT2D eigenvalue weighted by molar-refractivity contribution is 7.20. The number of hydrogen-bond donors (Lipinski definition) is 2. The summed E-state index contributed by atoms with van der Waals surface area (Å²) < 4.78 is 42.1. The maximum absolute atomic E-state index is 12.3. The lowest BCUT2D eigenvalue weighted by atomic mass is 10.2. The highest BCUT2D eigenvalue weighted by atomic mass is 32.1. The molecule has 25 heavy (non-hydrogen) atoms. The molecule has 0 fully saturated rings. The van der Waals surface area contributed by atoms with Gasteiger partial charge in [-0.25, -0.2) is 9.97 Å². The molecule has 0 saturated heterocycles. The van der Waals surface area contributed by atoms with Crippen molar-refractivity contribution in [1.82, 2.24) is 15.3 Å². The van der Waals surface area contributed by atoms with Crippen molar-refractivity contribution in [2.45, 2.75) is 19.6 Å². The number of aromatic nitrogens is 2. The molecule has 0 aromatic carbocycles. The van der Waals surface area contributed by atoms with E-state index >= 15 is 0 Å². The molecule has 0 aliphatic rings. The summed E-state index contributed by atoms with van der Waals surface area (Å²) in [5.74, 6) is 0.405. The molecule has 132 valence electrons. The van der Waals surface area contributed by atoms with Crippen LogP contribution >= 0.6 is 11.3 Å². The van der Waals surface area contributed by atoms with Gasteiger partial charge in [-0.1, -0.05) is 0 Å². The number of thiophene rings is 1. The van der Waals surface area contributed by atoms with E-state index in [1.807, 2.05) is 5.32 Å². The van der Waals surface area contributed by atoms with E-state index in [4.69, 9.17) is 4.42 Å². The van der Waals surface area contributed by atoms with E-state index in [9.17, 15) is 18.0 Å². The number of fused-ring (bicyclic) bond motifs is 1. The van der Waals surface area contributed by atoms with Crippen molar-refractivity contribution in [1.29, 1.82) is 0 Å². The van der Waals surface area contributed by atoms with Crippen LogP contribution in [0.4, 0.5) is 19.0 Å². The Bertz CT molecular complexity index is 890. The Morgan fingerprint density at radius 1 is 1.36 bits per heavy atom. The van der Waals surface area contributed by atoms with E-state index in [1.54, 1.807) is 25.3 Å². The van der Waals surface area contributed by atoms with E-state index in [1.165, 1.54) is 6.33 Å². The third-order valence-electron chi connectivity index (χ3n) is 3.39. The maximum Gasteiger partial charge on any atom is 0.405 e. The van der Waals surface area contributed by atoms with Crippen molar-refractivity contribution in [2.75, 3.05) is 11.9 Å². The van der Waals surface area contributed by atoms with Gasteiger partial charge in [0.2, 0.25) is 0 Å². The Hall–Kier alpha value is -2.62. The third kappa shape index (κ3) is 3.90. The number of anilines is 1. The normalized spacial score (nSPS) is 11.7. The summed E-state index contributed by atoms with van der Waals surface area (Å²) in [4.78, 5) is 21.0. The first-order valence-corrected chi connectivity index (χ1v) is 8.02. The lowest BCUT2D eigenvalue weighted by Gasteiger charge is -2.08. The third-order valence-corrected chi connectivity index (χ3v) is 4.59. The Morgan fingerprint density at radius 2 is 2.16 bits per heavy atom. The van der Waals surface area contributed by atoms with Crippen LogP contribution in [0.25, 0.3) is 10.2 Å². The van der Waals surface area contributed by atoms with Crippen LogP contribution in [0, 0.1) is 6.92 Å². The zero-order valence-corrected chi connectivity index (χ0v) is 13.8. The number of aryl methyl sites for hydroxylation is 1. The first-order valence-electron chi connectivity index (χ1n) is 7.20. The van der Waals surface area contributed by atoms with Crippen LogP contribution in [-0.2, 0) is 6.54 Å². The van der Waals surface area contributed by atoms with E-state index in [-0.39, 0.29) is 4.88 Å². The predicted octanol–water partition coefficient (Wildman–Crippen LogP) is 3.50. The van der Waals surface area contributed by atoms with Gasteiger partial charge in [-0.2, -0.15) is 13.2 Å². The van der Waals surface area contributed by atoms with Crippen molar-refractivity contribution in [2.24, 2.45) is 0 Å². The minimum atomic E-state index is -4.46. The van der Waals surface area contributed by atoms with Gasteiger partial charge in [0.15, 0.2) is 0 Å². The minimum Gasteiger partial charge on any atom is -0.467 e. The second kappa shape index (κ2) is 6.71. The Morgan fingerprint density at radius 3 is 2.84 bits per heavy atom. The lowest BCUT2D eigenvalue weighted by molar-refractivity contribution is -0.123. The monoisotopic (exact) mass is 370 g/mol. The number of rotatable bonds is 5. The van der Waals surface area contributed by atoms with E-state index in [0.717, 1.165) is 11.3 Å². The fourth-order valence-electron chi connectivity index (χ4n) is 2.27. The quantitative estimate of drug-likeness (QED) is 0.719. The van der Waals surface area contributed by atoms with Crippen LogP contribution < -0.4 is 10.6 Å². The molecule has 6 nitrogen and oxygen atoms in total. The molecule has 2 N–H and O–H groups in total. The molecule has 0 saturated carbocycles. The van der Waals surface area contributed by atoms with Gasteiger partial charge in [0.05, 0.1) is 23.1 Å². The maximum atomic E-state index is 12.3. The van der Waals surface area contributed by atoms with Crippen LogP contribution in [0.15, 0.2) is 29.1 Å². The molecule has 0 bridgehead atoms. The Kier molecular flexibility index (Phi) is 4.62. The Balaban J connectivity index is 1.86. The molecule has 3 rings (SSSR count). The first kappa shape index (κ1) is 17.2. The fourth-order valence-corrected chi connectivity index (χ4v) is 3.33. The fraction of sp³-hybridized carbons (Fsp3) is 0.267. The van der Waals surface area contributed by atoms with Gasteiger partial charge in [-0.15, -0.1) is 11.3 Å². The van der Waals surface area contributed by atoms with E-state index < -0.39 is 18.6 Å². The summed E-state index contributed by atoms with van der Waals surface area (Å²) in [5.41, 5.74) is 0.530. The first-order chi connectivity index (χ1) is 11.8. The van der Waals surface area contributed by atoms with Gasteiger partial charge in [-0.05, 0) is 24.6 Å². The average Bonchev–Trinajstić information content (AvgIpc) is 3.18. The number of hydrogen-bond acceptors (Lipinski definition) is 6. The summed E-state index contributed by atoms with van der Waals surface area (Å²) in [5, 5.41) is 5.57. The van der Waals surface area contributed by atoms with Crippen LogP contribution in [0.5, 0.6) is 0 Å². The van der Waals surface area contributed by atoms with Crippen molar-refractivity contribution >= 4 is 33.3 Å². The SMILES string of the molecule is Cc1c(C(=O)NCC(F)(F)F)sc2ncnc(NCc3ccco3)c12. The van der Waals surface area contributed by atoms with Gasteiger partial charge in [0, 0.05) is 0 Å². The number of furan rings is 1. The topological polar surface area (TPSA) is 80.0 Å². The van der Waals surface area contributed by atoms with E-state index in [0.29, 0.717) is 33.9 Å². The van der Waals surface area contributed by atoms with Crippen molar-refractivity contribution in [3.05, 3.63) is 40.9 Å². The predicted molar refractivity (Wildman–Crippen MR) is 86.6 cm³/mol. The summed E-state index contributed by atoms with van der Waals surface area (Å²) >= 11 is 1.03. The number of nitrogens with zero attached hydrogens (tertiary/aromatic N) is 2. The zero-order valence-electron chi connectivity index (χ0n) is 13.0. The number of nitrogens with one attached hydrogen (secondary N) is 2. The molecule has 0 atom stereocenters. The number of halogens is 3. The standard InChI is InChI=1S/C15H13F3N4O2S/c1-8-10-12(19-5-9-3-2-4-24-9)21-7-22-14(10)25-11(8)13(23)20-6-15(16,17)18/h2-4,7H,5-6H2,1H3,(H,20,23)(H,19,21,22). The Labute approximate surface area is 144 Å². The van der Waals surface area contributed by atoms with Gasteiger partial charge >= 0.3 is 6.18 Å². The van der Waals surface area contributed by atoms with Crippen molar-refractivity contribution < 1.29 is 22.4 Å². The average molecular weight is 370 g/mol. The second-order valence-corrected chi connectivity index (χ2v) is 6.19. The minimum absolute atomic E-state index is 0.181. The largest absolute Gasteiger partial charge is 0.467 e. The molecule has 3 heterocycles. The van der Waals surface area contributed by atoms with Crippen molar-refractivity contribution in [3.8, 4) is 0 Å². The molecule has 1 amide bonds. The molecule has 0 aliphatic carbocycles. The summed E-state index contributed by atoms with van der Waals surface area (Å²) in [6.45, 7) is 0.654. The molecule has 0 aliphatic heterocycles. The van der Waals surface area contributed by atoms with Gasteiger partial charge < -0.3 is 15.1 Å². The van der Waals surface area contributed by atoms with Crippen LogP contribution in [0.3, 0.4) is 0 Å². The number of amides is 1. The van der Waals surface area contributed by atoms with Gasteiger partial charge in [0.1, 0.15) is 29.3 Å². The number of alkyl halides is 3. The number of carbonyl (C=O) groups is 1. The van der Waals surface area contributed by atoms with Crippen molar-refractivity contribution in [3.63, 3.8) is 0 Å². The molecule has 0 spiro atoms.